The van der Waals surface area contributed by atoms with E-state index < -0.39 is 0 Å². The van der Waals surface area contributed by atoms with Crippen molar-refractivity contribution in [2.24, 2.45) is 0 Å². The normalized spacial score (nSPS) is 14.4. The first kappa shape index (κ1) is 19.5. The van der Waals surface area contributed by atoms with Gasteiger partial charge in [-0.1, -0.05) is 18.2 Å². The molecule has 0 unspecified atom stereocenters. The monoisotopic (exact) mass is 392 g/mol. The summed E-state index contributed by atoms with van der Waals surface area (Å²) in [5.74, 6) is 0.973. The lowest BCUT2D eigenvalue weighted by atomic mass is 10.0. The molecule has 29 heavy (non-hydrogen) atoms. The van der Waals surface area contributed by atoms with Gasteiger partial charge in [-0.15, -0.1) is 0 Å². The number of hydrogen-bond acceptors (Lipinski definition) is 2. The predicted octanol–water partition coefficient (Wildman–Crippen LogP) is 2.57. The molecule has 2 aromatic carbocycles. The molecule has 1 aromatic heterocycles. The maximum Gasteiger partial charge on any atom is 0.220 e. The minimum atomic E-state index is 0.134. The van der Waals surface area contributed by atoms with E-state index in [0.717, 1.165) is 35.6 Å². The van der Waals surface area contributed by atoms with Crippen LogP contribution in [0.4, 0.5) is 0 Å². The zero-order valence-electron chi connectivity index (χ0n) is 17.1. The summed E-state index contributed by atoms with van der Waals surface area (Å²) in [4.78, 5) is 17.6. The third kappa shape index (κ3) is 4.62. The molecule has 1 saturated heterocycles. The van der Waals surface area contributed by atoms with Crippen molar-refractivity contribution in [3.05, 3.63) is 54.1 Å². The van der Waals surface area contributed by atoms with Gasteiger partial charge >= 0.3 is 0 Å². The first-order valence-electron chi connectivity index (χ1n) is 10.6. The third-order valence-corrected chi connectivity index (χ3v) is 5.91. The molecule has 0 spiro atoms. The van der Waals surface area contributed by atoms with Crippen molar-refractivity contribution in [3.63, 3.8) is 0 Å². The minimum Gasteiger partial charge on any atom is -0.497 e. The van der Waals surface area contributed by atoms with Crippen LogP contribution in [0.2, 0.25) is 0 Å². The minimum absolute atomic E-state index is 0.134. The molecule has 3 aromatic rings. The zero-order chi connectivity index (χ0) is 20.1. The van der Waals surface area contributed by atoms with Gasteiger partial charge in [0.25, 0.3) is 0 Å². The van der Waals surface area contributed by atoms with Gasteiger partial charge in [-0.05, 0) is 47.9 Å². The summed E-state index contributed by atoms with van der Waals surface area (Å²) in [7, 11) is 1.67. The quantitative estimate of drug-likeness (QED) is 0.552. The second kappa shape index (κ2) is 9.14. The van der Waals surface area contributed by atoms with E-state index in [1.165, 1.54) is 36.9 Å². The van der Waals surface area contributed by atoms with Crippen molar-refractivity contribution in [1.29, 1.82) is 0 Å². The maximum absolute atomic E-state index is 12.4. The topological polar surface area (TPSA) is 58.6 Å². The highest BCUT2D eigenvalue weighted by Crippen LogP contribution is 2.32. The fraction of sp³-hybridized carbons (Fsp3) is 0.375. The Kier molecular flexibility index (Phi) is 6.15. The van der Waals surface area contributed by atoms with Crippen molar-refractivity contribution in [1.82, 2.24) is 10.3 Å². The first-order valence-corrected chi connectivity index (χ1v) is 10.6. The van der Waals surface area contributed by atoms with Crippen molar-refractivity contribution in [2.45, 2.75) is 25.7 Å². The molecule has 1 aliphatic rings. The van der Waals surface area contributed by atoms with E-state index in [1.54, 1.807) is 12.0 Å². The van der Waals surface area contributed by atoms with Crippen LogP contribution in [0.3, 0.4) is 0 Å². The average Bonchev–Trinajstić information content (AvgIpc) is 3.40. The van der Waals surface area contributed by atoms with E-state index in [0.29, 0.717) is 12.8 Å². The summed E-state index contributed by atoms with van der Waals surface area (Å²) in [5, 5.41) is 4.30. The number of likely N-dealkylation sites (tertiary alicyclic amines) is 1. The van der Waals surface area contributed by atoms with Crippen LogP contribution in [-0.2, 0) is 11.2 Å². The number of H-pyrrole nitrogens is 1. The smallest absolute Gasteiger partial charge is 0.220 e. The van der Waals surface area contributed by atoms with Gasteiger partial charge in [0.15, 0.2) is 0 Å². The fourth-order valence-corrected chi connectivity index (χ4v) is 4.29. The average molecular weight is 393 g/mol. The number of carbonyl (C=O) groups is 1. The number of methoxy groups -OCH3 is 1. The number of carbonyl (C=O) groups excluding carboxylic acids is 1. The molecule has 1 fully saturated rings. The third-order valence-electron chi connectivity index (χ3n) is 5.91. The molecule has 152 valence electrons. The standard InChI is InChI=1S/C24H29N3O2/c1-29-19-10-8-18(9-11-19)24-21(20-6-2-3-7-22(20)26-24)12-13-23(28)25-14-17-27-15-4-5-16-27/h2-3,6-11,26H,4-5,12-17H2,1H3,(H,25,28)/p+1. The van der Waals surface area contributed by atoms with Crippen LogP contribution in [0.25, 0.3) is 22.2 Å². The number of amides is 1. The Hall–Kier alpha value is -2.79. The molecular weight excluding hydrogens is 362 g/mol. The molecule has 2 heterocycles. The van der Waals surface area contributed by atoms with E-state index in [2.05, 4.69) is 40.6 Å². The van der Waals surface area contributed by atoms with E-state index in [9.17, 15) is 4.79 Å². The van der Waals surface area contributed by atoms with Gasteiger partial charge in [-0.2, -0.15) is 0 Å². The maximum atomic E-state index is 12.4. The fourth-order valence-electron chi connectivity index (χ4n) is 4.29. The molecule has 0 saturated carbocycles. The van der Waals surface area contributed by atoms with Crippen LogP contribution in [0.15, 0.2) is 48.5 Å². The van der Waals surface area contributed by atoms with Crippen LogP contribution in [0.5, 0.6) is 5.75 Å². The molecule has 0 bridgehead atoms. The second-order valence-corrected chi connectivity index (χ2v) is 7.81. The van der Waals surface area contributed by atoms with Crippen molar-refractivity contribution >= 4 is 16.8 Å². The molecular formula is C24H30N3O2+. The van der Waals surface area contributed by atoms with Gasteiger partial charge in [-0.25, -0.2) is 0 Å². The zero-order valence-corrected chi connectivity index (χ0v) is 17.1. The largest absolute Gasteiger partial charge is 0.497 e. The van der Waals surface area contributed by atoms with Crippen molar-refractivity contribution in [2.75, 3.05) is 33.3 Å². The van der Waals surface area contributed by atoms with Gasteiger partial charge in [0.05, 0.1) is 33.3 Å². The van der Waals surface area contributed by atoms with E-state index in [-0.39, 0.29) is 5.91 Å². The molecule has 0 radical (unpaired) electrons. The summed E-state index contributed by atoms with van der Waals surface area (Å²) in [5.41, 5.74) is 4.50. The molecule has 3 N–H and O–H groups in total. The molecule has 0 atom stereocenters. The Morgan fingerprint density at radius 1 is 1.10 bits per heavy atom. The molecule has 5 nitrogen and oxygen atoms in total. The number of rotatable bonds is 8. The van der Waals surface area contributed by atoms with Crippen molar-refractivity contribution < 1.29 is 14.4 Å². The van der Waals surface area contributed by atoms with Gasteiger partial charge in [0, 0.05) is 35.9 Å². The van der Waals surface area contributed by atoms with E-state index in [4.69, 9.17) is 4.74 Å². The number of aromatic nitrogens is 1. The lowest BCUT2D eigenvalue weighted by Crippen LogP contribution is -3.10. The number of benzene rings is 2. The number of para-hydroxylation sites is 1. The van der Waals surface area contributed by atoms with Crippen LogP contribution in [0.1, 0.15) is 24.8 Å². The Morgan fingerprint density at radius 3 is 2.62 bits per heavy atom. The van der Waals surface area contributed by atoms with Crippen LogP contribution in [0, 0.1) is 0 Å². The highest BCUT2D eigenvalue weighted by molar-refractivity contribution is 5.91. The van der Waals surface area contributed by atoms with Gasteiger partial charge in [0.2, 0.25) is 5.91 Å². The lowest BCUT2D eigenvalue weighted by Gasteiger charge is -2.12. The highest BCUT2D eigenvalue weighted by atomic mass is 16.5. The number of aryl methyl sites for hydroxylation is 1. The molecule has 0 aliphatic carbocycles. The highest BCUT2D eigenvalue weighted by Gasteiger charge is 2.16. The molecule has 1 amide bonds. The molecule has 4 rings (SSSR count). The summed E-state index contributed by atoms with van der Waals surface area (Å²) in [6, 6.07) is 16.4. The van der Waals surface area contributed by atoms with Gasteiger partial charge in [-0.3, -0.25) is 4.79 Å². The molecule has 5 heteroatoms. The number of aromatic amines is 1. The summed E-state index contributed by atoms with van der Waals surface area (Å²) >= 11 is 0. The SMILES string of the molecule is COc1ccc(-c2[nH]c3ccccc3c2CCC(=O)NCC[NH+]2CCCC2)cc1. The van der Waals surface area contributed by atoms with Gasteiger partial charge in [0.1, 0.15) is 5.75 Å². The number of fused-ring (bicyclic) bond motifs is 1. The summed E-state index contributed by atoms with van der Waals surface area (Å²) in [6.07, 6.45) is 3.85. The summed E-state index contributed by atoms with van der Waals surface area (Å²) in [6.45, 7) is 4.30. The number of hydrogen-bond donors (Lipinski definition) is 3. The Bertz CT molecular complexity index is 956. The Labute approximate surface area is 172 Å². The first-order chi connectivity index (χ1) is 14.2. The van der Waals surface area contributed by atoms with Crippen LogP contribution < -0.4 is 15.0 Å². The van der Waals surface area contributed by atoms with E-state index in [1.807, 2.05) is 18.2 Å². The van der Waals surface area contributed by atoms with Crippen LogP contribution >= 0.6 is 0 Å². The Balaban J connectivity index is 1.46. The molecule has 1 aliphatic heterocycles. The predicted molar refractivity (Wildman–Crippen MR) is 116 cm³/mol. The van der Waals surface area contributed by atoms with Gasteiger partial charge < -0.3 is 19.9 Å². The second-order valence-electron chi connectivity index (χ2n) is 7.81. The van der Waals surface area contributed by atoms with Crippen LogP contribution in [-0.4, -0.2) is 44.2 Å². The number of ether oxygens (including phenoxy) is 1. The van der Waals surface area contributed by atoms with Crippen molar-refractivity contribution in [3.8, 4) is 17.0 Å². The van der Waals surface area contributed by atoms with E-state index >= 15 is 0 Å². The lowest BCUT2D eigenvalue weighted by molar-refractivity contribution is -0.886. The number of nitrogens with one attached hydrogen (secondary N) is 3. The summed E-state index contributed by atoms with van der Waals surface area (Å²) < 4.78 is 5.28. The Morgan fingerprint density at radius 2 is 1.86 bits per heavy atom. The number of quaternary nitrogens is 1.